The Bertz CT molecular complexity index is 958. The molecule has 0 radical (unpaired) electrons. The highest BCUT2D eigenvalue weighted by molar-refractivity contribution is 7.92. The number of para-hydroxylation sites is 2. The number of anilines is 1. The molecule has 0 aromatic heterocycles. The lowest BCUT2D eigenvalue weighted by molar-refractivity contribution is 0.0935. The standard InChI is InChI=1S/C19H21ClN2O4S/c1-12(13-7-8-13)21-19(23)14-9-10-15(20)18(11-14)27(24,25)22-16-5-3-4-6-17(16)26-2/h3-6,9-13,22H,7-8H2,1-2H3,(H,21,23)/t12-/m0/s1. The Hall–Kier alpha value is -2.25. The Labute approximate surface area is 163 Å². The maximum Gasteiger partial charge on any atom is 0.263 e. The van der Waals surface area contributed by atoms with Crippen LogP contribution in [0.1, 0.15) is 30.1 Å². The maximum atomic E-state index is 12.8. The minimum atomic E-state index is -4.01. The van der Waals surface area contributed by atoms with Gasteiger partial charge >= 0.3 is 0 Å². The van der Waals surface area contributed by atoms with E-state index in [4.69, 9.17) is 16.3 Å². The number of carbonyl (C=O) groups excluding carboxylic acids is 1. The molecule has 2 aromatic carbocycles. The highest BCUT2D eigenvalue weighted by atomic mass is 35.5. The van der Waals surface area contributed by atoms with Crippen molar-refractivity contribution in [2.24, 2.45) is 5.92 Å². The van der Waals surface area contributed by atoms with Crippen molar-refractivity contribution in [3.05, 3.63) is 53.1 Å². The van der Waals surface area contributed by atoms with Crippen LogP contribution in [0.4, 0.5) is 5.69 Å². The first-order chi connectivity index (χ1) is 12.8. The van der Waals surface area contributed by atoms with E-state index in [0.29, 0.717) is 11.7 Å². The molecule has 6 nitrogen and oxygen atoms in total. The molecule has 8 heteroatoms. The third-order valence-corrected chi connectivity index (χ3v) is 6.37. The van der Waals surface area contributed by atoms with E-state index in [1.807, 2.05) is 6.92 Å². The molecular formula is C19H21ClN2O4S. The van der Waals surface area contributed by atoms with Crippen LogP contribution in [-0.2, 0) is 10.0 Å². The van der Waals surface area contributed by atoms with Crippen molar-refractivity contribution < 1.29 is 17.9 Å². The molecule has 1 amide bonds. The second-order valence-corrected chi connectivity index (χ2v) is 8.61. The Morgan fingerprint density at radius 2 is 1.93 bits per heavy atom. The molecule has 144 valence electrons. The van der Waals surface area contributed by atoms with Gasteiger partial charge in [-0.2, -0.15) is 0 Å². The number of sulfonamides is 1. The molecule has 3 rings (SSSR count). The number of nitrogens with one attached hydrogen (secondary N) is 2. The van der Waals surface area contributed by atoms with Crippen LogP contribution < -0.4 is 14.8 Å². The molecule has 2 N–H and O–H groups in total. The summed E-state index contributed by atoms with van der Waals surface area (Å²) in [6.45, 7) is 1.95. The summed E-state index contributed by atoms with van der Waals surface area (Å²) in [5.74, 6) is 0.556. The van der Waals surface area contributed by atoms with Crippen molar-refractivity contribution in [1.82, 2.24) is 5.32 Å². The van der Waals surface area contributed by atoms with E-state index in [9.17, 15) is 13.2 Å². The third kappa shape index (κ3) is 4.54. The van der Waals surface area contributed by atoms with Crippen molar-refractivity contribution in [3.63, 3.8) is 0 Å². The van der Waals surface area contributed by atoms with E-state index >= 15 is 0 Å². The third-order valence-electron chi connectivity index (χ3n) is 4.52. The number of halogens is 1. The molecule has 0 unspecified atom stereocenters. The molecule has 0 saturated heterocycles. The van der Waals surface area contributed by atoms with Crippen molar-refractivity contribution in [2.75, 3.05) is 11.8 Å². The van der Waals surface area contributed by atoms with E-state index in [-0.39, 0.29) is 33.1 Å². The molecule has 2 aromatic rings. The molecule has 1 fully saturated rings. The summed E-state index contributed by atoms with van der Waals surface area (Å²) < 4.78 is 33.3. The van der Waals surface area contributed by atoms with Gasteiger partial charge in [0.15, 0.2) is 0 Å². The Balaban J connectivity index is 1.87. The van der Waals surface area contributed by atoms with Crippen LogP contribution in [-0.4, -0.2) is 27.5 Å². The van der Waals surface area contributed by atoms with Crippen LogP contribution in [0.5, 0.6) is 5.75 Å². The number of rotatable bonds is 7. The fourth-order valence-corrected chi connectivity index (χ4v) is 4.38. The quantitative estimate of drug-likeness (QED) is 0.731. The van der Waals surface area contributed by atoms with E-state index in [2.05, 4.69) is 10.0 Å². The van der Waals surface area contributed by atoms with Gasteiger partial charge in [0.1, 0.15) is 10.6 Å². The summed E-state index contributed by atoms with van der Waals surface area (Å²) in [6.07, 6.45) is 2.20. The summed E-state index contributed by atoms with van der Waals surface area (Å²) in [5, 5.41) is 2.94. The summed E-state index contributed by atoms with van der Waals surface area (Å²) in [6, 6.07) is 10.9. The molecule has 1 atom stereocenters. The van der Waals surface area contributed by atoms with Gasteiger partial charge in [-0.15, -0.1) is 0 Å². The largest absolute Gasteiger partial charge is 0.495 e. The smallest absolute Gasteiger partial charge is 0.263 e. The summed E-state index contributed by atoms with van der Waals surface area (Å²) in [7, 11) is -2.56. The lowest BCUT2D eigenvalue weighted by Gasteiger charge is -2.15. The van der Waals surface area contributed by atoms with Crippen LogP contribution in [0.3, 0.4) is 0 Å². The van der Waals surface area contributed by atoms with Gasteiger partial charge in [-0.3, -0.25) is 9.52 Å². The zero-order valence-electron chi connectivity index (χ0n) is 15.0. The molecule has 0 heterocycles. The summed E-state index contributed by atoms with van der Waals surface area (Å²) in [4.78, 5) is 12.3. The molecule has 1 aliphatic rings. The number of hydrogen-bond donors (Lipinski definition) is 2. The van der Waals surface area contributed by atoms with Crippen LogP contribution in [0.15, 0.2) is 47.4 Å². The molecule has 1 saturated carbocycles. The summed E-state index contributed by atoms with van der Waals surface area (Å²) in [5.41, 5.74) is 0.528. The number of hydrogen-bond acceptors (Lipinski definition) is 4. The molecule has 0 aliphatic heterocycles. The fraction of sp³-hybridized carbons (Fsp3) is 0.316. The van der Waals surface area contributed by atoms with Gasteiger partial charge in [-0.1, -0.05) is 23.7 Å². The average Bonchev–Trinajstić information content (AvgIpc) is 3.47. The van der Waals surface area contributed by atoms with E-state index in [1.54, 1.807) is 24.3 Å². The first kappa shape index (κ1) is 19.5. The van der Waals surface area contributed by atoms with Crippen LogP contribution in [0.25, 0.3) is 0 Å². The Kier molecular flexibility index (Phi) is 5.62. The molecular weight excluding hydrogens is 388 g/mol. The number of benzene rings is 2. The van der Waals surface area contributed by atoms with Crippen LogP contribution >= 0.6 is 11.6 Å². The first-order valence-electron chi connectivity index (χ1n) is 8.58. The lowest BCUT2D eigenvalue weighted by atomic mass is 10.1. The normalized spacial score (nSPS) is 15.1. The minimum Gasteiger partial charge on any atom is -0.495 e. The SMILES string of the molecule is COc1ccccc1NS(=O)(=O)c1cc(C(=O)N[C@@H](C)C2CC2)ccc1Cl. The van der Waals surface area contributed by atoms with Gasteiger partial charge in [0.2, 0.25) is 0 Å². The highest BCUT2D eigenvalue weighted by Gasteiger charge is 2.29. The number of methoxy groups -OCH3 is 1. The zero-order valence-corrected chi connectivity index (χ0v) is 16.6. The molecule has 0 bridgehead atoms. The van der Waals surface area contributed by atoms with Crippen molar-refractivity contribution >= 4 is 33.2 Å². The van der Waals surface area contributed by atoms with Gasteiger partial charge in [-0.25, -0.2) is 8.42 Å². The monoisotopic (exact) mass is 408 g/mol. The second-order valence-electron chi connectivity index (χ2n) is 6.55. The number of carbonyl (C=O) groups is 1. The van der Waals surface area contributed by atoms with Crippen molar-refractivity contribution in [3.8, 4) is 5.75 Å². The Morgan fingerprint density at radius 1 is 1.22 bits per heavy atom. The number of ether oxygens (including phenoxy) is 1. The highest BCUT2D eigenvalue weighted by Crippen LogP contribution is 2.33. The van der Waals surface area contributed by atoms with Gasteiger partial charge < -0.3 is 10.1 Å². The summed E-state index contributed by atoms with van der Waals surface area (Å²) >= 11 is 6.11. The van der Waals surface area contributed by atoms with Crippen LogP contribution in [0, 0.1) is 5.92 Å². The Morgan fingerprint density at radius 3 is 2.59 bits per heavy atom. The molecule has 1 aliphatic carbocycles. The van der Waals surface area contributed by atoms with E-state index in [1.165, 1.54) is 25.3 Å². The van der Waals surface area contributed by atoms with Gasteiger partial charge in [-0.05, 0) is 56.0 Å². The fourth-order valence-electron chi connectivity index (χ4n) is 2.78. The van der Waals surface area contributed by atoms with Gasteiger partial charge in [0.25, 0.3) is 15.9 Å². The maximum absolute atomic E-state index is 12.8. The second kappa shape index (κ2) is 7.78. The number of amides is 1. The first-order valence-corrected chi connectivity index (χ1v) is 10.4. The minimum absolute atomic E-state index is 0.0317. The molecule has 0 spiro atoms. The lowest BCUT2D eigenvalue weighted by Crippen LogP contribution is -2.34. The van der Waals surface area contributed by atoms with Gasteiger partial charge in [0.05, 0.1) is 17.8 Å². The average molecular weight is 409 g/mol. The van der Waals surface area contributed by atoms with Crippen molar-refractivity contribution in [1.29, 1.82) is 0 Å². The van der Waals surface area contributed by atoms with Crippen LogP contribution in [0.2, 0.25) is 5.02 Å². The van der Waals surface area contributed by atoms with Gasteiger partial charge in [0, 0.05) is 11.6 Å². The van der Waals surface area contributed by atoms with Crippen molar-refractivity contribution in [2.45, 2.75) is 30.7 Å². The zero-order chi connectivity index (χ0) is 19.6. The predicted octanol–water partition coefficient (Wildman–Crippen LogP) is 3.68. The van der Waals surface area contributed by atoms with E-state index < -0.39 is 10.0 Å². The predicted molar refractivity (Wildman–Crippen MR) is 105 cm³/mol. The molecule has 27 heavy (non-hydrogen) atoms. The van der Waals surface area contributed by atoms with E-state index in [0.717, 1.165) is 12.8 Å². The topological polar surface area (TPSA) is 84.5 Å².